The lowest BCUT2D eigenvalue weighted by Gasteiger charge is -2.46. The molecule has 0 radical (unpaired) electrons. The van der Waals surface area contributed by atoms with Gasteiger partial charge in [-0.2, -0.15) is 0 Å². The van der Waals surface area contributed by atoms with Crippen LogP contribution in [0.1, 0.15) is 44.9 Å². The topological polar surface area (TPSA) is 40.5 Å². The smallest absolute Gasteiger partial charge is 0.0989 e. The van der Waals surface area contributed by atoms with Gasteiger partial charge >= 0.3 is 0 Å². The van der Waals surface area contributed by atoms with Crippen LogP contribution in [0.5, 0.6) is 0 Å². The number of aliphatic hydroxyl groups is 2. The molecule has 0 aliphatic heterocycles. The van der Waals surface area contributed by atoms with Gasteiger partial charge in [-0.1, -0.05) is 6.42 Å². The Kier molecular flexibility index (Phi) is 1.45. The van der Waals surface area contributed by atoms with Gasteiger partial charge in [0.25, 0.3) is 0 Å². The first-order valence-corrected chi connectivity index (χ1v) is 5.59. The zero-order chi connectivity index (χ0) is 9.10. The lowest BCUT2D eigenvalue weighted by Crippen LogP contribution is -2.55. The Morgan fingerprint density at radius 3 is 2.31 bits per heavy atom. The van der Waals surface area contributed by atoms with E-state index in [1.807, 2.05) is 0 Å². The zero-order valence-electron chi connectivity index (χ0n) is 8.00. The van der Waals surface area contributed by atoms with Crippen molar-refractivity contribution in [3.63, 3.8) is 0 Å². The van der Waals surface area contributed by atoms with Crippen LogP contribution in [0.2, 0.25) is 0 Å². The Balaban J connectivity index is 2.06. The van der Waals surface area contributed by atoms with Crippen molar-refractivity contribution < 1.29 is 10.2 Å². The number of aliphatic hydroxyl groups excluding tert-OH is 1. The molecule has 2 nitrogen and oxygen atoms in total. The summed E-state index contributed by atoms with van der Waals surface area (Å²) in [6.45, 7) is 0. The fraction of sp³-hybridized carbons (Fsp3) is 1.00. The minimum Gasteiger partial charge on any atom is -0.390 e. The Bertz CT molecular complexity index is 230. The van der Waals surface area contributed by atoms with Crippen LogP contribution in [0.3, 0.4) is 0 Å². The molecule has 3 aliphatic rings. The summed E-state index contributed by atoms with van der Waals surface area (Å²) in [5.74, 6) is 0.405. The van der Waals surface area contributed by atoms with Crippen LogP contribution in [0.4, 0.5) is 0 Å². The van der Waals surface area contributed by atoms with E-state index in [4.69, 9.17) is 0 Å². The fourth-order valence-electron chi connectivity index (χ4n) is 4.37. The van der Waals surface area contributed by atoms with Crippen molar-refractivity contribution in [3.8, 4) is 0 Å². The number of hydrogen-bond donors (Lipinski definition) is 2. The summed E-state index contributed by atoms with van der Waals surface area (Å²) in [5, 5.41) is 20.6. The van der Waals surface area contributed by atoms with Gasteiger partial charge in [0.2, 0.25) is 0 Å². The van der Waals surface area contributed by atoms with E-state index in [0.717, 1.165) is 44.9 Å². The van der Waals surface area contributed by atoms with Crippen molar-refractivity contribution in [1.82, 2.24) is 0 Å². The molecule has 2 heteroatoms. The molecule has 2 N–H and O–H groups in total. The average molecular weight is 182 g/mol. The molecule has 2 unspecified atom stereocenters. The SMILES string of the molecule is OC1CCCC23CCC(CC2)C13O. The summed E-state index contributed by atoms with van der Waals surface area (Å²) < 4.78 is 0. The third-order valence-corrected chi connectivity index (χ3v) is 5.06. The monoisotopic (exact) mass is 182 g/mol. The summed E-state index contributed by atoms with van der Waals surface area (Å²) in [6, 6.07) is 0. The van der Waals surface area contributed by atoms with Crippen LogP contribution in [0.15, 0.2) is 0 Å². The van der Waals surface area contributed by atoms with E-state index in [1.165, 1.54) is 0 Å². The predicted octanol–water partition coefficient (Wildman–Crippen LogP) is 1.45. The molecule has 2 atom stereocenters. The molecule has 0 aromatic rings. The minimum absolute atomic E-state index is 0.120. The molecule has 0 heterocycles. The second-order valence-corrected chi connectivity index (χ2v) is 5.29. The highest BCUT2D eigenvalue weighted by atomic mass is 16.3. The molecule has 0 amide bonds. The number of rotatable bonds is 0. The molecule has 3 saturated carbocycles. The van der Waals surface area contributed by atoms with Crippen LogP contribution in [0.25, 0.3) is 0 Å². The summed E-state index contributed by atoms with van der Waals surface area (Å²) in [5.41, 5.74) is -0.569. The largest absolute Gasteiger partial charge is 0.390 e. The van der Waals surface area contributed by atoms with Crippen molar-refractivity contribution in [2.45, 2.75) is 56.7 Å². The Hall–Kier alpha value is -0.0800. The maximum Gasteiger partial charge on any atom is 0.0989 e. The molecule has 3 rings (SSSR count). The molecule has 0 saturated heterocycles. The summed E-state index contributed by atoms with van der Waals surface area (Å²) in [4.78, 5) is 0. The molecular weight excluding hydrogens is 164 g/mol. The van der Waals surface area contributed by atoms with Crippen molar-refractivity contribution in [2.24, 2.45) is 11.3 Å². The van der Waals surface area contributed by atoms with Gasteiger partial charge < -0.3 is 10.2 Å². The van der Waals surface area contributed by atoms with Crippen LogP contribution in [-0.2, 0) is 0 Å². The highest BCUT2D eigenvalue weighted by Crippen LogP contribution is 2.66. The van der Waals surface area contributed by atoms with E-state index in [9.17, 15) is 10.2 Å². The normalized spacial score (nSPS) is 59.5. The van der Waals surface area contributed by atoms with Crippen molar-refractivity contribution >= 4 is 0 Å². The fourth-order valence-corrected chi connectivity index (χ4v) is 4.37. The standard InChI is InChI=1S/C11H18O2/c12-9-2-1-5-10-6-3-8(4-7-10)11(9,10)13/h8-9,12-13H,1-7H2. The van der Waals surface area contributed by atoms with Crippen molar-refractivity contribution in [2.75, 3.05) is 0 Å². The molecule has 74 valence electrons. The summed E-state index contributed by atoms with van der Waals surface area (Å²) in [6.07, 6.45) is 7.25. The third-order valence-electron chi connectivity index (χ3n) is 5.06. The van der Waals surface area contributed by atoms with Gasteiger partial charge in [-0.05, 0) is 44.4 Å². The van der Waals surface area contributed by atoms with E-state index in [0.29, 0.717) is 5.92 Å². The first-order valence-electron chi connectivity index (χ1n) is 5.59. The molecule has 0 aromatic heterocycles. The van der Waals surface area contributed by atoms with Crippen molar-refractivity contribution in [1.29, 1.82) is 0 Å². The van der Waals surface area contributed by atoms with E-state index in [-0.39, 0.29) is 5.41 Å². The second kappa shape index (κ2) is 2.29. The van der Waals surface area contributed by atoms with E-state index in [1.54, 1.807) is 0 Å². The lowest BCUT2D eigenvalue weighted by atomic mass is 9.65. The first kappa shape index (κ1) is 8.25. The molecule has 3 fully saturated rings. The quantitative estimate of drug-likeness (QED) is 0.595. The van der Waals surface area contributed by atoms with Crippen LogP contribution < -0.4 is 0 Å². The van der Waals surface area contributed by atoms with Gasteiger partial charge in [-0.15, -0.1) is 0 Å². The van der Waals surface area contributed by atoms with Gasteiger partial charge in [0, 0.05) is 5.41 Å². The van der Waals surface area contributed by atoms with E-state index < -0.39 is 11.7 Å². The van der Waals surface area contributed by atoms with Gasteiger partial charge in [0.15, 0.2) is 0 Å². The molecule has 13 heavy (non-hydrogen) atoms. The Labute approximate surface area is 79.0 Å². The zero-order valence-corrected chi connectivity index (χ0v) is 8.00. The molecule has 0 spiro atoms. The third kappa shape index (κ3) is 0.736. The highest BCUT2D eigenvalue weighted by Gasteiger charge is 2.67. The number of hydrogen-bond acceptors (Lipinski definition) is 2. The van der Waals surface area contributed by atoms with Gasteiger partial charge in [0.1, 0.15) is 0 Å². The summed E-state index contributed by atoms with van der Waals surface area (Å²) in [7, 11) is 0. The molecule has 3 aliphatic carbocycles. The van der Waals surface area contributed by atoms with Gasteiger partial charge in [-0.25, -0.2) is 0 Å². The second-order valence-electron chi connectivity index (χ2n) is 5.29. The molecule has 0 aromatic carbocycles. The maximum absolute atomic E-state index is 10.6. The van der Waals surface area contributed by atoms with Crippen LogP contribution >= 0.6 is 0 Å². The first-order chi connectivity index (χ1) is 6.19. The molecule has 2 bridgehead atoms. The van der Waals surface area contributed by atoms with E-state index >= 15 is 0 Å². The average Bonchev–Trinajstić information content (AvgIpc) is 2.57. The van der Waals surface area contributed by atoms with Crippen molar-refractivity contribution in [3.05, 3.63) is 0 Å². The maximum atomic E-state index is 10.6. The molecular formula is C11H18O2. The Morgan fingerprint density at radius 1 is 1.00 bits per heavy atom. The minimum atomic E-state index is -0.689. The summed E-state index contributed by atoms with van der Waals surface area (Å²) >= 11 is 0. The highest BCUT2D eigenvalue weighted by molar-refractivity contribution is 5.17. The lowest BCUT2D eigenvalue weighted by molar-refractivity contribution is -0.165. The van der Waals surface area contributed by atoms with Crippen LogP contribution in [-0.4, -0.2) is 21.9 Å². The van der Waals surface area contributed by atoms with Crippen LogP contribution in [0, 0.1) is 11.3 Å². The van der Waals surface area contributed by atoms with Gasteiger partial charge in [-0.3, -0.25) is 0 Å². The Morgan fingerprint density at radius 2 is 1.69 bits per heavy atom. The van der Waals surface area contributed by atoms with Gasteiger partial charge in [0.05, 0.1) is 11.7 Å². The van der Waals surface area contributed by atoms with E-state index in [2.05, 4.69) is 0 Å². The predicted molar refractivity (Wildman–Crippen MR) is 49.2 cm³/mol.